The van der Waals surface area contributed by atoms with E-state index in [9.17, 15) is 14.7 Å². The van der Waals surface area contributed by atoms with E-state index in [1.165, 1.54) is 7.11 Å². The predicted molar refractivity (Wildman–Crippen MR) is 67.2 cm³/mol. The van der Waals surface area contributed by atoms with Crippen molar-refractivity contribution in [1.82, 2.24) is 0 Å². The van der Waals surface area contributed by atoms with Crippen molar-refractivity contribution in [2.24, 2.45) is 5.92 Å². The summed E-state index contributed by atoms with van der Waals surface area (Å²) in [5.41, 5.74) is -0.980. The van der Waals surface area contributed by atoms with Gasteiger partial charge in [0, 0.05) is 12.0 Å². The zero-order valence-corrected chi connectivity index (χ0v) is 11.8. The summed E-state index contributed by atoms with van der Waals surface area (Å²) < 4.78 is 10.3. The minimum absolute atomic E-state index is 0.265. The smallest absolute Gasteiger partial charge is 0.334 e. The van der Waals surface area contributed by atoms with Gasteiger partial charge in [0.2, 0.25) is 0 Å². The Balaban J connectivity index is 2.47. The quantitative estimate of drug-likeness (QED) is 0.574. The second kappa shape index (κ2) is 4.34. The minimum Gasteiger partial charge on any atom is -0.469 e. The number of hydrogen-bond donors (Lipinski definition) is 1. The molecule has 0 bridgehead atoms. The molecule has 1 aliphatic carbocycles. The van der Waals surface area contributed by atoms with Gasteiger partial charge in [0.05, 0.1) is 13.0 Å². The largest absolute Gasteiger partial charge is 0.469 e. The number of hydrogen-bond acceptors (Lipinski definition) is 5. The van der Waals surface area contributed by atoms with Gasteiger partial charge in [-0.25, -0.2) is 4.79 Å². The maximum atomic E-state index is 12.0. The first-order valence-corrected chi connectivity index (χ1v) is 6.45. The van der Waals surface area contributed by atoms with E-state index in [4.69, 9.17) is 9.47 Å². The number of aliphatic hydroxyl groups is 1. The van der Waals surface area contributed by atoms with Crippen molar-refractivity contribution >= 4 is 11.9 Å². The molecule has 1 heterocycles. The molecule has 2 fully saturated rings. The summed E-state index contributed by atoms with van der Waals surface area (Å²) in [6.45, 7) is 5.27. The van der Waals surface area contributed by atoms with Gasteiger partial charge in [0.25, 0.3) is 0 Å². The summed E-state index contributed by atoms with van der Waals surface area (Å²) >= 11 is 0. The van der Waals surface area contributed by atoms with E-state index < -0.39 is 29.1 Å². The summed E-state index contributed by atoms with van der Waals surface area (Å²) in [6, 6.07) is 0. The summed E-state index contributed by atoms with van der Waals surface area (Å²) in [6.07, 6.45) is 1.14. The molecule has 0 aromatic rings. The average molecular weight is 268 g/mol. The third kappa shape index (κ3) is 1.87. The molecule has 106 valence electrons. The molecule has 0 aromatic heterocycles. The molecule has 1 spiro atoms. The Morgan fingerprint density at radius 3 is 2.58 bits per heavy atom. The fourth-order valence-electron chi connectivity index (χ4n) is 3.17. The van der Waals surface area contributed by atoms with E-state index in [-0.39, 0.29) is 6.42 Å². The Kier molecular flexibility index (Phi) is 3.21. The lowest BCUT2D eigenvalue weighted by atomic mass is 9.78. The maximum absolute atomic E-state index is 12.0. The fraction of sp³-hybridized carbons (Fsp3) is 0.714. The summed E-state index contributed by atoms with van der Waals surface area (Å²) in [7, 11) is 1.31. The zero-order chi connectivity index (χ0) is 14.4. The van der Waals surface area contributed by atoms with E-state index in [1.54, 1.807) is 6.92 Å². The number of rotatable bonds is 1. The number of carbonyl (C=O) groups excluding carboxylic acids is 2. The van der Waals surface area contributed by atoms with E-state index in [0.717, 1.165) is 5.57 Å². The van der Waals surface area contributed by atoms with Gasteiger partial charge < -0.3 is 14.6 Å². The van der Waals surface area contributed by atoms with Crippen LogP contribution < -0.4 is 0 Å². The Morgan fingerprint density at radius 1 is 1.47 bits per heavy atom. The molecule has 2 aliphatic rings. The lowest BCUT2D eigenvalue weighted by Crippen LogP contribution is -2.53. The van der Waals surface area contributed by atoms with Gasteiger partial charge in [0.1, 0.15) is 5.60 Å². The average Bonchev–Trinajstić information content (AvgIpc) is 2.79. The van der Waals surface area contributed by atoms with Gasteiger partial charge in [-0.3, -0.25) is 4.79 Å². The fourth-order valence-corrected chi connectivity index (χ4v) is 3.17. The first-order chi connectivity index (χ1) is 8.75. The number of ether oxygens (including phenoxy) is 2. The number of carbonyl (C=O) groups is 2. The molecule has 1 saturated carbocycles. The normalized spacial score (nSPS) is 37.6. The van der Waals surface area contributed by atoms with Crippen LogP contribution in [0.4, 0.5) is 0 Å². The topological polar surface area (TPSA) is 72.8 Å². The molecule has 1 saturated heterocycles. The molecule has 5 heteroatoms. The van der Waals surface area contributed by atoms with Gasteiger partial charge in [-0.2, -0.15) is 0 Å². The van der Waals surface area contributed by atoms with Crippen molar-refractivity contribution in [3.63, 3.8) is 0 Å². The molecular weight excluding hydrogens is 248 g/mol. The zero-order valence-electron chi connectivity index (χ0n) is 11.8. The number of esters is 2. The SMILES string of the molecule is COC(=O)[C@@H]1CC[C@](C)(O)[C@]12CC(=C(C)C)C(=O)O2. The van der Waals surface area contributed by atoms with Gasteiger partial charge in [-0.1, -0.05) is 5.57 Å². The van der Waals surface area contributed by atoms with Crippen LogP contribution in [-0.2, 0) is 19.1 Å². The monoisotopic (exact) mass is 268 g/mol. The van der Waals surface area contributed by atoms with Crippen molar-refractivity contribution in [2.75, 3.05) is 7.11 Å². The third-order valence-electron chi connectivity index (χ3n) is 4.44. The first kappa shape index (κ1) is 14.1. The Bertz CT molecular complexity index is 458. The number of allylic oxidation sites excluding steroid dienone is 1. The highest BCUT2D eigenvalue weighted by Gasteiger charge is 2.66. The van der Waals surface area contributed by atoms with Crippen LogP contribution in [-0.4, -0.2) is 35.4 Å². The second-order valence-corrected chi connectivity index (χ2v) is 5.82. The molecule has 0 amide bonds. The molecule has 5 nitrogen and oxygen atoms in total. The highest BCUT2D eigenvalue weighted by atomic mass is 16.6. The second-order valence-electron chi connectivity index (χ2n) is 5.82. The predicted octanol–water partition coefficient (Wildman–Crippen LogP) is 1.34. The molecular formula is C14H20O5. The Hall–Kier alpha value is -1.36. The van der Waals surface area contributed by atoms with E-state index >= 15 is 0 Å². The lowest BCUT2D eigenvalue weighted by Gasteiger charge is -2.37. The van der Waals surface area contributed by atoms with E-state index in [2.05, 4.69) is 0 Å². The molecule has 3 atom stereocenters. The Labute approximate surface area is 112 Å². The van der Waals surface area contributed by atoms with E-state index in [1.807, 2.05) is 13.8 Å². The van der Waals surface area contributed by atoms with Gasteiger partial charge >= 0.3 is 11.9 Å². The van der Waals surface area contributed by atoms with Crippen LogP contribution in [0.25, 0.3) is 0 Å². The molecule has 0 aromatic carbocycles. The van der Waals surface area contributed by atoms with Crippen molar-refractivity contribution in [3.8, 4) is 0 Å². The van der Waals surface area contributed by atoms with Gasteiger partial charge in [-0.15, -0.1) is 0 Å². The summed E-state index contributed by atoms with van der Waals surface area (Å²) in [4.78, 5) is 23.9. The molecule has 2 rings (SSSR count). The first-order valence-electron chi connectivity index (χ1n) is 6.45. The minimum atomic E-state index is -1.21. The van der Waals surface area contributed by atoms with Crippen molar-refractivity contribution in [2.45, 2.75) is 51.2 Å². The molecule has 19 heavy (non-hydrogen) atoms. The Morgan fingerprint density at radius 2 is 2.11 bits per heavy atom. The third-order valence-corrected chi connectivity index (χ3v) is 4.44. The summed E-state index contributed by atoms with van der Waals surface area (Å²) in [5.74, 6) is -1.47. The van der Waals surface area contributed by atoms with Crippen molar-refractivity contribution < 1.29 is 24.2 Å². The van der Waals surface area contributed by atoms with Crippen LogP contribution in [0, 0.1) is 5.92 Å². The van der Waals surface area contributed by atoms with Gasteiger partial charge in [0.15, 0.2) is 5.60 Å². The van der Waals surface area contributed by atoms with Crippen LogP contribution >= 0.6 is 0 Å². The molecule has 0 radical (unpaired) electrons. The van der Waals surface area contributed by atoms with Gasteiger partial charge in [-0.05, 0) is 33.6 Å². The van der Waals surface area contributed by atoms with Crippen molar-refractivity contribution in [3.05, 3.63) is 11.1 Å². The summed E-state index contributed by atoms with van der Waals surface area (Å²) in [5, 5.41) is 10.6. The molecule has 0 unspecified atom stereocenters. The highest BCUT2D eigenvalue weighted by Crippen LogP contribution is 2.53. The van der Waals surface area contributed by atoms with E-state index in [0.29, 0.717) is 18.4 Å². The maximum Gasteiger partial charge on any atom is 0.334 e. The molecule has 1 aliphatic heterocycles. The highest BCUT2D eigenvalue weighted by molar-refractivity contribution is 5.93. The van der Waals surface area contributed by atoms with Crippen LogP contribution in [0.2, 0.25) is 0 Å². The van der Waals surface area contributed by atoms with Crippen LogP contribution in [0.1, 0.15) is 40.0 Å². The number of methoxy groups -OCH3 is 1. The van der Waals surface area contributed by atoms with Crippen LogP contribution in [0.5, 0.6) is 0 Å². The van der Waals surface area contributed by atoms with Crippen LogP contribution in [0.3, 0.4) is 0 Å². The standard InChI is InChI=1S/C14H20O5/c1-8(2)9-7-14(19-11(9)15)10(12(16)18-4)5-6-13(14,3)17/h10,17H,5-7H2,1-4H3/t10-,13-,14-/m0/s1. The van der Waals surface area contributed by atoms with Crippen molar-refractivity contribution in [1.29, 1.82) is 0 Å². The van der Waals surface area contributed by atoms with Crippen LogP contribution in [0.15, 0.2) is 11.1 Å². The lowest BCUT2D eigenvalue weighted by molar-refractivity contribution is -0.184. The molecule has 1 N–H and O–H groups in total.